The third-order valence-electron chi connectivity index (χ3n) is 4.45. The number of halogens is 1. The molecule has 0 aliphatic carbocycles. The topological polar surface area (TPSA) is 79.4 Å². The minimum absolute atomic E-state index is 0.313. The molecule has 4 aromatic rings. The van der Waals surface area contributed by atoms with Gasteiger partial charge in [-0.05, 0) is 41.5 Å². The van der Waals surface area contributed by atoms with Crippen molar-refractivity contribution in [3.8, 4) is 17.0 Å². The summed E-state index contributed by atoms with van der Waals surface area (Å²) in [5.41, 5.74) is 6.18. The van der Waals surface area contributed by atoms with Crippen LogP contribution in [0.25, 0.3) is 11.3 Å². The minimum atomic E-state index is -0.374. The number of benzene rings is 3. The molecule has 0 bridgehead atoms. The van der Waals surface area contributed by atoms with Gasteiger partial charge in [0.2, 0.25) is 0 Å². The van der Waals surface area contributed by atoms with Crippen LogP contribution in [-0.4, -0.2) is 22.3 Å². The summed E-state index contributed by atoms with van der Waals surface area (Å²) < 4.78 is 5.86. The van der Waals surface area contributed by atoms with Crippen LogP contribution in [0.15, 0.2) is 90.0 Å². The summed E-state index contributed by atoms with van der Waals surface area (Å²) in [6, 6.07) is 26.2. The number of nitrogens with zero attached hydrogens (tertiary/aromatic N) is 2. The summed E-state index contributed by atoms with van der Waals surface area (Å²) in [5, 5.41) is 11.6. The molecule has 0 saturated heterocycles. The average Bonchev–Trinajstić information content (AvgIpc) is 3.30. The zero-order valence-corrected chi connectivity index (χ0v) is 17.2. The van der Waals surface area contributed by atoms with Crippen molar-refractivity contribution in [2.45, 2.75) is 6.61 Å². The van der Waals surface area contributed by atoms with Gasteiger partial charge < -0.3 is 4.74 Å². The lowest BCUT2D eigenvalue weighted by Crippen LogP contribution is -2.17. The summed E-state index contributed by atoms with van der Waals surface area (Å²) in [6.07, 6.45) is 1.58. The predicted octanol–water partition coefficient (Wildman–Crippen LogP) is 5.07. The number of H-pyrrole nitrogens is 1. The smallest absolute Gasteiger partial charge is 0.289 e. The molecule has 4 rings (SSSR count). The fourth-order valence-electron chi connectivity index (χ4n) is 2.84. The molecule has 1 heterocycles. The van der Waals surface area contributed by atoms with Crippen LogP contribution in [0.3, 0.4) is 0 Å². The van der Waals surface area contributed by atoms with Gasteiger partial charge in [-0.15, -0.1) is 0 Å². The van der Waals surface area contributed by atoms with Gasteiger partial charge in [0.1, 0.15) is 18.1 Å². The third kappa shape index (κ3) is 5.58. The second-order valence-electron chi connectivity index (χ2n) is 6.72. The van der Waals surface area contributed by atoms with Crippen molar-refractivity contribution in [2.24, 2.45) is 5.10 Å². The quantitative estimate of drug-likeness (QED) is 0.317. The molecule has 0 fully saturated rings. The first kappa shape index (κ1) is 20.4. The predicted molar refractivity (Wildman–Crippen MR) is 121 cm³/mol. The number of amides is 1. The summed E-state index contributed by atoms with van der Waals surface area (Å²) in [7, 11) is 0. The van der Waals surface area contributed by atoms with Crippen LogP contribution in [0.2, 0.25) is 5.02 Å². The van der Waals surface area contributed by atoms with E-state index in [1.165, 1.54) is 0 Å². The zero-order valence-electron chi connectivity index (χ0n) is 16.5. The number of carbonyl (C=O) groups excluding carboxylic acids is 1. The molecule has 0 radical (unpaired) electrons. The van der Waals surface area contributed by atoms with E-state index < -0.39 is 0 Å². The third-order valence-corrected chi connectivity index (χ3v) is 4.70. The fraction of sp³-hybridized carbons (Fsp3) is 0.0417. The van der Waals surface area contributed by atoms with Crippen LogP contribution in [0.5, 0.6) is 5.75 Å². The molecule has 0 aliphatic rings. The minimum Gasteiger partial charge on any atom is -0.489 e. The van der Waals surface area contributed by atoms with Crippen LogP contribution >= 0.6 is 11.6 Å². The number of ether oxygens (including phenoxy) is 1. The number of aromatic amines is 1. The van der Waals surface area contributed by atoms with E-state index in [4.69, 9.17) is 16.3 Å². The molecular weight excluding hydrogens is 412 g/mol. The monoisotopic (exact) mass is 430 g/mol. The van der Waals surface area contributed by atoms with Gasteiger partial charge in [0.25, 0.3) is 5.91 Å². The van der Waals surface area contributed by atoms with Gasteiger partial charge in [0.05, 0.1) is 11.9 Å². The first-order chi connectivity index (χ1) is 15.2. The molecule has 0 saturated carbocycles. The van der Waals surface area contributed by atoms with Crippen molar-refractivity contribution >= 4 is 23.7 Å². The number of hydrogen-bond donors (Lipinski definition) is 2. The van der Waals surface area contributed by atoms with E-state index in [0.717, 1.165) is 16.7 Å². The van der Waals surface area contributed by atoms with Crippen molar-refractivity contribution in [2.75, 3.05) is 0 Å². The Morgan fingerprint density at radius 3 is 2.65 bits per heavy atom. The van der Waals surface area contributed by atoms with Gasteiger partial charge >= 0.3 is 0 Å². The summed E-state index contributed by atoms with van der Waals surface area (Å²) >= 11 is 5.91. The van der Waals surface area contributed by atoms with Crippen LogP contribution in [0.4, 0.5) is 0 Å². The average molecular weight is 431 g/mol. The molecule has 1 amide bonds. The molecule has 0 unspecified atom stereocenters. The Labute approximate surface area is 184 Å². The second-order valence-corrected chi connectivity index (χ2v) is 7.16. The highest BCUT2D eigenvalue weighted by molar-refractivity contribution is 6.30. The van der Waals surface area contributed by atoms with Crippen molar-refractivity contribution in [1.82, 2.24) is 15.6 Å². The second kappa shape index (κ2) is 9.73. The van der Waals surface area contributed by atoms with E-state index in [1.54, 1.807) is 12.3 Å². The van der Waals surface area contributed by atoms with E-state index in [2.05, 4.69) is 20.7 Å². The number of rotatable bonds is 7. The molecule has 1 aromatic heterocycles. The summed E-state index contributed by atoms with van der Waals surface area (Å²) in [6.45, 7) is 0.425. The van der Waals surface area contributed by atoms with Gasteiger partial charge in [0, 0.05) is 10.6 Å². The molecular formula is C24H19ClN4O2. The van der Waals surface area contributed by atoms with Gasteiger partial charge in [-0.2, -0.15) is 10.2 Å². The number of hydrazone groups is 1. The standard InChI is InChI=1S/C24H19ClN4O2/c25-20-11-9-18(10-12-20)16-31-21-8-4-7-19(13-21)22-14-23(28-27-22)24(30)29-26-15-17-5-2-1-3-6-17/h1-15H,16H2,(H,27,28)(H,29,30)/b26-15-. The summed E-state index contributed by atoms with van der Waals surface area (Å²) in [4.78, 5) is 12.3. The first-order valence-electron chi connectivity index (χ1n) is 9.59. The highest BCUT2D eigenvalue weighted by Gasteiger charge is 2.11. The first-order valence-corrected chi connectivity index (χ1v) is 9.97. The van der Waals surface area contributed by atoms with Gasteiger partial charge in [-0.1, -0.05) is 66.2 Å². The summed E-state index contributed by atoms with van der Waals surface area (Å²) in [5.74, 6) is 0.329. The molecule has 6 nitrogen and oxygen atoms in total. The lowest BCUT2D eigenvalue weighted by molar-refractivity contribution is 0.0950. The highest BCUT2D eigenvalue weighted by atomic mass is 35.5. The van der Waals surface area contributed by atoms with Gasteiger partial charge in [0.15, 0.2) is 0 Å². The van der Waals surface area contributed by atoms with E-state index in [-0.39, 0.29) is 5.91 Å². The molecule has 0 spiro atoms. The maximum atomic E-state index is 12.3. The molecule has 3 aromatic carbocycles. The van der Waals surface area contributed by atoms with E-state index in [1.807, 2.05) is 78.9 Å². The molecule has 0 aliphatic heterocycles. The number of hydrogen-bond acceptors (Lipinski definition) is 4. The van der Waals surface area contributed by atoms with Crippen LogP contribution in [0, 0.1) is 0 Å². The van der Waals surface area contributed by atoms with Gasteiger partial charge in [-0.25, -0.2) is 5.43 Å². The Morgan fingerprint density at radius 1 is 1.03 bits per heavy atom. The Balaban J connectivity index is 1.39. The normalized spacial score (nSPS) is 10.9. The maximum absolute atomic E-state index is 12.3. The number of carbonyl (C=O) groups is 1. The SMILES string of the molecule is O=C(N/N=C\c1ccccc1)c1cc(-c2cccc(OCc3ccc(Cl)cc3)c2)n[nH]1. The molecule has 2 N–H and O–H groups in total. The van der Waals surface area contributed by atoms with Crippen LogP contribution in [-0.2, 0) is 6.61 Å². The van der Waals surface area contributed by atoms with Crippen LogP contribution < -0.4 is 10.2 Å². The lowest BCUT2D eigenvalue weighted by Gasteiger charge is -2.07. The zero-order chi connectivity index (χ0) is 21.5. The fourth-order valence-corrected chi connectivity index (χ4v) is 2.97. The van der Waals surface area contributed by atoms with Crippen LogP contribution in [0.1, 0.15) is 21.6 Å². The lowest BCUT2D eigenvalue weighted by atomic mass is 10.1. The van der Waals surface area contributed by atoms with E-state index in [9.17, 15) is 4.79 Å². The molecule has 31 heavy (non-hydrogen) atoms. The van der Waals surface area contributed by atoms with Crippen molar-refractivity contribution < 1.29 is 9.53 Å². The van der Waals surface area contributed by atoms with Crippen molar-refractivity contribution in [3.63, 3.8) is 0 Å². The molecule has 154 valence electrons. The Bertz CT molecular complexity index is 1190. The largest absolute Gasteiger partial charge is 0.489 e. The van der Waals surface area contributed by atoms with E-state index in [0.29, 0.717) is 28.8 Å². The molecule has 0 atom stereocenters. The number of aromatic nitrogens is 2. The highest BCUT2D eigenvalue weighted by Crippen LogP contribution is 2.23. The number of nitrogens with one attached hydrogen (secondary N) is 2. The van der Waals surface area contributed by atoms with E-state index >= 15 is 0 Å². The van der Waals surface area contributed by atoms with Crippen molar-refractivity contribution in [1.29, 1.82) is 0 Å². The Kier molecular flexibility index (Phi) is 6.40. The Morgan fingerprint density at radius 2 is 1.84 bits per heavy atom. The maximum Gasteiger partial charge on any atom is 0.289 e. The Hall–Kier alpha value is -3.90. The molecule has 7 heteroatoms. The van der Waals surface area contributed by atoms with Gasteiger partial charge in [-0.3, -0.25) is 9.89 Å². The van der Waals surface area contributed by atoms with Crippen molar-refractivity contribution in [3.05, 3.63) is 107 Å².